The number of likely N-dealkylation sites (N-methyl/N-ethyl adjacent to an activating group) is 2. The van der Waals surface area contributed by atoms with Crippen molar-refractivity contribution < 1.29 is 38.1 Å². The summed E-state index contributed by atoms with van der Waals surface area (Å²) in [6.45, 7) is -0.0319. The molecule has 2 aliphatic rings. The minimum Gasteiger partial charge on any atom is -0.442 e. The van der Waals surface area contributed by atoms with E-state index in [4.69, 9.17) is 21.1 Å². The molecule has 2 fully saturated rings. The number of aliphatic hydroxyl groups excluding tert-OH is 1. The lowest BCUT2D eigenvalue weighted by molar-refractivity contribution is -0.133. The van der Waals surface area contributed by atoms with Crippen molar-refractivity contribution in [2.45, 2.75) is 12.3 Å². The van der Waals surface area contributed by atoms with Crippen molar-refractivity contribution in [1.29, 1.82) is 0 Å². The highest BCUT2D eigenvalue weighted by molar-refractivity contribution is 7.18. The van der Waals surface area contributed by atoms with Crippen molar-refractivity contribution in [3.63, 3.8) is 0 Å². The standard InChI is InChI=1S/C25H29ClFN5O7S/c1-28-10-21(33)29(2)13-22(34)32(24(36)19-5-6-20(26)40-19)12-16-11-31(25(37)39-16)18-4-3-15(9-17(18)27)30-7-8-38-14-23(30)35/h3-6,9,16,21,28,33H,7-8,10-14H2,1-2H3/t16-,21?/m1/s1. The van der Waals surface area contributed by atoms with E-state index in [1.54, 1.807) is 7.05 Å². The molecule has 4 amide bonds. The van der Waals surface area contributed by atoms with E-state index in [0.717, 1.165) is 27.2 Å². The smallest absolute Gasteiger partial charge is 0.414 e. The fraction of sp³-hybridized carbons (Fsp3) is 0.440. The fourth-order valence-electron chi connectivity index (χ4n) is 4.29. The molecule has 2 saturated heterocycles. The molecular formula is C25H29ClFN5O7S. The Morgan fingerprint density at radius 2 is 2.05 bits per heavy atom. The van der Waals surface area contributed by atoms with Gasteiger partial charge in [-0.05, 0) is 44.4 Å². The molecule has 0 bridgehead atoms. The van der Waals surface area contributed by atoms with Crippen LogP contribution in [-0.4, -0.2) is 111 Å². The van der Waals surface area contributed by atoms with Gasteiger partial charge in [0.15, 0.2) is 0 Å². The number of morpholine rings is 1. The van der Waals surface area contributed by atoms with Crippen LogP contribution < -0.4 is 15.1 Å². The van der Waals surface area contributed by atoms with Gasteiger partial charge in [-0.1, -0.05) is 11.6 Å². The van der Waals surface area contributed by atoms with Gasteiger partial charge >= 0.3 is 6.09 Å². The Labute approximate surface area is 238 Å². The molecule has 0 radical (unpaired) electrons. The number of hydrogen-bond acceptors (Lipinski definition) is 10. The highest BCUT2D eigenvalue weighted by Gasteiger charge is 2.38. The predicted octanol–water partition coefficient (Wildman–Crippen LogP) is 1.37. The first-order valence-electron chi connectivity index (χ1n) is 12.4. The Kier molecular flexibility index (Phi) is 9.71. The molecule has 0 aliphatic carbocycles. The first-order chi connectivity index (χ1) is 19.1. The van der Waals surface area contributed by atoms with E-state index in [0.29, 0.717) is 16.6 Å². The number of carbonyl (C=O) groups is 4. The second kappa shape index (κ2) is 13.0. The number of cyclic esters (lactones) is 1. The first kappa shape index (κ1) is 29.8. The van der Waals surface area contributed by atoms with Crippen LogP contribution in [0.4, 0.5) is 20.6 Å². The Balaban J connectivity index is 1.50. The summed E-state index contributed by atoms with van der Waals surface area (Å²) in [5, 5.41) is 13.0. The lowest BCUT2D eigenvalue weighted by Crippen LogP contribution is -2.49. The first-order valence-corrected chi connectivity index (χ1v) is 13.6. The fourth-order valence-corrected chi connectivity index (χ4v) is 5.29. The molecule has 1 unspecified atom stereocenters. The summed E-state index contributed by atoms with van der Waals surface area (Å²) < 4.78 is 26.0. The maximum atomic E-state index is 15.1. The van der Waals surface area contributed by atoms with Crippen LogP contribution in [0.3, 0.4) is 0 Å². The molecule has 0 saturated carbocycles. The minimum atomic E-state index is -0.986. The monoisotopic (exact) mass is 597 g/mol. The molecule has 1 aromatic heterocycles. The Morgan fingerprint density at radius 3 is 2.70 bits per heavy atom. The van der Waals surface area contributed by atoms with Gasteiger partial charge in [0.2, 0.25) is 5.91 Å². The molecule has 15 heteroatoms. The highest BCUT2D eigenvalue weighted by atomic mass is 35.5. The summed E-state index contributed by atoms with van der Waals surface area (Å²) in [5.41, 5.74) is 0.265. The van der Waals surface area contributed by atoms with Crippen LogP contribution in [0, 0.1) is 5.82 Å². The molecule has 40 heavy (non-hydrogen) atoms. The average Bonchev–Trinajstić information content (AvgIpc) is 3.52. The molecule has 0 spiro atoms. The topological polar surface area (TPSA) is 132 Å². The number of ether oxygens (including phenoxy) is 2. The molecule has 2 atom stereocenters. The largest absolute Gasteiger partial charge is 0.442 e. The van der Waals surface area contributed by atoms with Gasteiger partial charge < -0.3 is 24.8 Å². The van der Waals surface area contributed by atoms with Gasteiger partial charge in [-0.2, -0.15) is 0 Å². The predicted molar refractivity (Wildman–Crippen MR) is 145 cm³/mol. The molecule has 4 rings (SSSR count). The van der Waals surface area contributed by atoms with E-state index in [2.05, 4.69) is 5.32 Å². The zero-order valence-corrected chi connectivity index (χ0v) is 23.4. The summed E-state index contributed by atoms with van der Waals surface area (Å²) in [6.07, 6.45) is -2.79. The lowest BCUT2D eigenvalue weighted by atomic mass is 10.2. The molecular weight excluding hydrogens is 569 g/mol. The quantitative estimate of drug-likeness (QED) is 0.390. The van der Waals surface area contributed by atoms with Gasteiger partial charge in [-0.25, -0.2) is 9.18 Å². The summed E-state index contributed by atoms with van der Waals surface area (Å²) in [7, 11) is 3.17. The summed E-state index contributed by atoms with van der Waals surface area (Å²) in [6, 6.07) is 7.06. The van der Waals surface area contributed by atoms with Crippen LogP contribution in [0.1, 0.15) is 9.67 Å². The number of amides is 4. The molecule has 2 aromatic rings. The van der Waals surface area contributed by atoms with Crippen molar-refractivity contribution in [1.82, 2.24) is 15.1 Å². The third-order valence-corrected chi connectivity index (χ3v) is 7.61. The Bertz CT molecular complexity index is 1280. The molecule has 3 heterocycles. The number of thiophene rings is 1. The van der Waals surface area contributed by atoms with Crippen molar-refractivity contribution in [2.75, 3.05) is 69.8 Å². The van der Waals surface area contributed by atoms with Gasteiger partial charge in [-0.3, -0.25) is 29.1 Å². The molecule has 2 N–H and O–H groups in total. The van der Waals surface area contributed by atoms with E-state index in [1.165, 1.54) is 41.1 Å². The van der Waals surface area contributed by atoms with Gasteiger partial charge in [0.1, 0.15) is 24.8 Å². The maximum absolute atomic E-state index is 15.1. The molecule has 12 nitrogen and oxygen atoms in total. The van der Waals surface area contributed by atoms with Crippen molar-refractivity contribution in [3.05, 3.63) is 45.4 Å². The molecule has 216 valence electrons. The minimum absolute atomic E-state index is 0.0684. The van der Waals surface area contributed by atoms with Gasteiger partial charge in [0.05, 0.1) is 41.1 Å². The second-order valence-corrected chi connectivity index (χ2v) is 10.9. The maximum Gasteiger partial charge on any atom is 0.414 e. The number of carbonyl (C=O) groups excluding carboxylic acids is 4. The number of benzene rings is 1. The average molecular weight is 598 g/mol. The van der Waals surface area contributed by atoms with Crippen LogP contribution in [0.5, 0.6) is 0 Å². The molecule has 1 aromatic carbocycles. The normalized spacial score (nSPS) is 18.3. The zero-order valence-electron chi connectivity index (χ0n) is 21.8. The lowest BCUT2D eigenvalue weighted by Gasteiger charge is -2.28. The number of nitrogens with zero attached hydrogens (tertiary/aromatic N) is 4. The Morgan fingerprint density at radius 1 is 1.27 bits per heavy atom. The van der Waals surface area contributed by atoms with Crippen LogP contribution in [0.25, 0.3) is 0 Å². The summed E-state index contributed by atoms with van der Waals surface area (Å²) in [5.74, 6) is -2.32. The van der Waals surface area contributed by atoms with E-state index in [1.807, 2.05) is 0 Å². The van der Waals surface area contributed by atoms with Gasteiger partial charge in [-0.15, -0.1) is 11.3 Å². The van der Waals surface area contributed by atoms with Crippen LogP contribution in [-0.2, 0) is 19.1 Å². The number of aliphatic hydroxyl groups is 1. The number of imide groups is 1. The Hall–Kier alpha value is -3.14. The van der Waals surface area contributed by atoms with E-state index in [9.17, 15) is 24.3 Å². The van der Waals surface area contributed by atoms with Gasteiger partial charge in [0.25, 0.3) is 11.8 Å². The third-order valence-electron chi connectivity index (χ3n) is 6.39. The van der Waals surface area contributed by atoms with E-state index in [-0.39, 0.29) is 55.8 Å². The highest BCUT2D eigenvalue weighted by Crippen LogP contribution is 2.30. The van der Waals surface area contributed by atoms with Crippen LogP contribution in [0.15, 0.2) is 30.3 Å². The van der Waals surface area contributed by atoms with Crippen molar-refractivity contribution in [2.24, 2.45) is 0 Å². The number of anilines is 2. The van der Waals surface area contributed by atoms with E-state index >= 15 is 4.39 Å². The zero-order chi connectivity index (χ0) is 29.0. The third kappa shape index (κ3) is 6.77. The van der Waals surface area contributed by atoms with Crippen LogP contribution >= 0.6 is 22.9 Å². The number of hydrogen-bond donors (Lipinski definition) is 2. The van der Waals surface area contributed by atoms with E-state index < -0.39 is 36.1 Å². The van der Waals surface area contributed by atoms with Crippen LogP contribution in [0.2, 0.25) is 4.34 Å². The summed E-state index contributed by atoms with van der Waals surface area (Å²) in [4.78, 5) is 56.3. The van der Waals surface area contributed by atoms with Crippen molar-refractivity contribution in [3.8, 4) is 0 Å². The summed E-state index contributed by atoms with van der Waals surface area (Å²) >= 11 is 6.98. The number of nitrogens with one attached hydrogen (secondary N) is 1. The molecule has 2 aliphatic heterocycles. The second-order valence-electron chi connectivity index (χ2n) is 9.22. The van der Waals surface area contributed by atoms with Crippen molar-refractivity contribution >= 4 is 58.1 Å². The SMILES string of the molecule is CNCC(O)N(C)CC(=O)N(C[C@H]1CN(c2ccc(N3CCOCC3=O)cc2F)C(=O)O1)C(=O)c1ccc(Cl)s1. The van der Waals surface area contributed by atoms with Gasteiger partial charge in [0, 0.05) is 18.8 Å². The number of halogens is 2. The number of rotatable bonds is 10.